The molecule has 8 nitrogen and oxygen atoms in total. The van der Waals surface area contributed by atoms with Gasteiger partial charge in [-0.3, -0.25) is 14.5 Å². The molecule has 0 bridgehead atoms. The summed E-state index contributed by atoms with van der Waals surface area (Å²) in [5, 5.41) is 20.5. The molecule has 1 amide bonds. The van der Waals surface area contributed by atoms with Crippen LogP contribution in [0.25, 0.3) is 5.76 Å². The van der Waals surface area contributed by atoms with Crippen molar-refractivity contribution in [2.75, 3.05) is 11.5 Å². The number of hydrogen-bond donors (Lipinski definition) is 1. The van der Waals surface area contributed by atoms with Crippen molar-refractivity contribution in [2.24, 2.45) is 0 Å². The lowest BCUT2D eigenvalue weighted by Gasteiger charge is -2.22. The topological polar surface area (TPSA) is 102 Å². The number of amides is 1. The van der Waals surface area contributed by atoms with Crippen LogP contribution in [0.2, 0.25) is 0 Å². The molecular formula is C37H33N3O5S2. The molecule has 1 fully saturated rings. The monoisotopic (exact) mass is 663 g/mol. The summed E-state index contributed by atoms with van der Waals surface area (Å²) in [6.07, 6.45) is 0.860. The van der Waals surface area contributed by atoms with Crippen molar-refractivity contribution in [1.29, 1.82) is 0 Å². The summed E-state index contributed by atoms with van der Waals surface area (Å²) < 4.78 is 12.3. The molecule has 238 valence electrons. The average molecular weight is 664 g/mol. The van der Waals surface area contributed by atoms with Gasteiger partial charge in [0.2, 0.25) is 5.13 Å². The van der Waals surface area contributed by atoms with Crippen LogP contribution in [0.3, 0.4) is 0 Å². The normalized spacial score (nSPS) is 15.6. The van der Waals surface area contributed by atoms with Crippen LogP contribution in [0.1, 0.15) is 47.2 Å². The highest BCUT2D eigenvalue weighted by atomic mass is 32.2. The maximum absolute atomic E-state index is 13.7. The number of benzene rings is 4. The number of Topliss-reactive ketones (excluding diaryl/α,β-unsaturated/α-hetero) is 1. The van der Waals surface area contributed by atoms with E-state index in [4.69, 9.17) is 9.47 Å². The number of hydrogen-bond acceptors (Lipinski definition) is 9. The molecule has 47 heavy (non-hydrogen) atoms. The van der Waals surface area contributed by atoms with Gasteiger partial charge in [0.15, 0.2) is 4.34 Å². The Balaban J connectivity index is 1.32. The fourth-order valence-corrected chi connectivity index (χ4v) is 6.93. The minimum Gasteiger partial charge on any atom is -0.507 e. The van der Waals surface area contributed by atoms with Crippen molar-refractivity contribution < 1.29 is 24.2 Å². The number of carbonyl (C=O) groups excluding carboxylic acids is 2. The summed E-state index contributed by atoms with van der Waals surface area (Å²) in [5.41, 5.74) is 4.33. The second-order valence-electron chi connectivity index (χ2n) is 11.0. The van der Waals surface area contributed by atoms with Gasteiger partial charge in [-0.15, -0.1) is 10.2 Å². The fraction of sp³-hybridized carbons (Fsp3) is 0.189. The van der Waals surface area contributed by atoms with Gasteiger partial charge in [-0.2, -0.15) is 0 Å². The average Bonchev–Trinajstić information content (AvgIpc) is 3.68. The number of ether oxygens (including phenoxy) is 2. The maximum Gasteiger partial charge on any atom is 0.301 e. The third-order valence-corrected chi connectivity index (χ3v) is 9.70. The van der Waals surface area contributed by atoms with E-state index < -0.39 is 17.7 Å². The molecule has 5 aromatic rings. The largest absolute Gasteiger partial charge is 0.507 e. The van der Waals surface area contributed by atoms with Gasteiger partial charge < -0.3 is 14.6 Å². The first kappa shape index (κ1) is 32.0. The Kier molecular flexibility index (Phi) is 9.99. The number of aliphatic hydroxyl groups is 1. The van der Waals surface area contributed by atoms with Crippen molar-refractivity contribution in [1.82, 2.24) is 10.2 Å². The predicted molar refractivity (Wildman–Crippen MR) is 185 cm³/mol. The fourth-order valence-electron chi connectivity index (χ4n) is 5.10. The number of ketones is 1. The molecule has 2 heterocycles. The predicted octanol–water partition coefficient (Wildman–Crippen LogP) is 8.13. The van der Waals surface area contributed by atoms with Crippen LogP contribution in [-0.4, -0.2) is 33.6 Å². The lowest BCUT2D eigenvalue weighted by Crippen LogP contribution is -2.29. The summed E-state index contributed by atoms with van der Waals surface area (Å²) in [6.45, 7) is 5.02. The van der Waals surface area contributed by atoms with Crippen LogP contribution >= 0.6 is 23.1 Å². The highest BCUT2D eigenvalue weighted by molar-refractivity contribution is 8.00. The van der Waals surface area contributed by atoms with Gasteiger partial charge >= 0.3 is 5.91 Å². The summed E-state index contributed by atoms with van der Waals surface area (Å²) in [6, 6.07) is 31.2. The third-order valence-electron chi connectivity index (χ3n) is 7.57. The van der Waals surface area contributed by atoms with Crippen LogP contribution in [0.4, 0.5) is 5.13 Å². The SMILES string of the molecule is CCCOc1ccc(/C(O)=C2/C(=O)C(=O)N(c3nnc(SCc4ccc(C)cc4)s3)C2c2ccc(OCc3ccccc3)cc2)cc1. The number of anilines is 1. The summed E-state index contributed by atoms with van der Waals surface area (Å²) in [4.78, 5) is 28.7. The van der Waals surface area contributed by atoms with E-state index in [2.05, 4.69) is 34.5 Å². The van der Waals surface area contributed by atoms with E-state index in [-0.39, 0.29) is 16.5 Å². The van der Waals surface area contributed by atoms with Gasteiger partial charge in [-0.05, 0) is 66.4 Å². The molecule has 1 saturated heterocycles. The van der Waals surface area contributed by atoms with Crippen LogP contribution < -0.4 is 14.4 Å². The van der Waals surface area contributed by atoms with Crippen molar-refractivity contribution in [3.8, 4) is 11.5 Å². The molecule has 0 radical (unpaired) electrons. The van der Waals surface area contributed by atoms with E-state index in [0.717, 1.165) is 17.5 Å². The van der Waals surface area contributed by atoms with Crippen molar-refractivity contribution in [3.05, 3.63) is 137 Å². The zero-order chi connectivity index (χ0) is 32.8. The van der Waals surface area contributed by atoms with Gasteiger partial charge in [0.1, 0.15) is 23.9 Å². The van der Waals surface area contributed by atoms with Gasteiger partial charge in [-0.25, -0.2) is 0 Å². The second-order valence-corrected chi connectivity index (χ2v) is 13.2. The molecule has 1 unspecified atom stereocenters. The van der Waals surface area contributed by atoms with Crippen LogP contribution in [0, 0.1) is 6.92 Å². The first-order valence-electron chi connectivity index (χ1n) is 15.2. The van der Waals surface area contributed by atoms with Crippen molar-refractivity contribution >= 4 is 45.7 Å². The van der Waals surface area contributed by atoms with E-state index in [1.54, 1.807) is 48.5 Å². The van der Waals surface area contributed by atoms with Gasteiger partial charge in [0.25, 0.3) is 5.78 Å². The zero-order valence-electron chi connectivity index (χ0n) is 26.0. The molecule has 0 spiro atoms. The minimum atomic E-state index is -0.933. The second kappa shape index (κ2) is 14.7. The molecule has 0 aliphatic carbocycles. The van der Waals surface area contributed by atoms with Crippen LogP contribution in [-0.2, 0) is 21.9 Å². The Morgan fingerprint density at radius 1 is 0.851 bits per heavy atom. The quantitative estimate of drug-likeness (QED) is 0.0470. The van der Waals surface area contributed by atoms with Gasteiger partial charge in [0, 0.05) is 11.3 Å². The summed E-state index contributed by atoms with van der Waals surface area (Å²) in [7, 11) is 0. The highest BCUT2D eigenvalue weighted by Gasteiger charge is 2.48. The molecule has 1 aliphatic heterocycles. The molecule has 1 aromatic heterocycles. The van der Waals surface area contributed by atoms with Crippen molar-refractivity contribution in [2.45, 2.75) is 43.0 Å². The van der Waals surface area contributed by atoms with E-state index in [1.165, 1.54) is 33.6 Å². The van der Waals surface area contributed by atoms with Crippen molar-refractivity contribution in [3.63, 3.8) is 0 Å². The van der Waals surface area contributed by atoms with E-state index in [0.29, 0.717) is 45.9 Å². The molecular weight excluding hydrogens is 631 g/mol. The van der Waals surface area contributed by atoms with Gasteiger partial charge in [0.05, 0.1) is 18.2 Å². The first-order chi connectivity index (χ1) is 22.9. The Hall–Kier alpha value is -4.93. The smallest absolute Gasteiger partial charge is 0.301 e. The number of carbonyl (C=O) groups is 2. The van der Waals surface area contributed by atoms with E-state index >= 15 is 0 Å². The lowest BCUT2D eigenvalue weighted by molar-refractivity contribution is -0.132. The number of rotatable bonds is 12. The lowest BCUT2D eigenvalue weighted by atomic mass is 9.95. The van der Waals surface area contributed by atoms with E-state index in [1.807, 2.05) is 44.2 Å². The molecule has 0 saturated carbocycles. The number of aryl methyl sites for hydroxylation is 1. The Bertz CT molecular complexity index is 1870. The van der Waals surface area contributed by atoms with Crippen LogP contribution in [0.5, 0.6) is 11.5 Å². The number of aromatic nitrogens is 2. The Morgan fingerprint density at radius 2 is 1.53 bits per heavy atom. The number of aliphatic hydroxyl groups excluding tert-OH is 1. The molecule has 4 aromatic carbocycles. The number of thioether (sulfide) groups is 1. The molecule has 1 atom stereocenters. The van der Waals surface area contributed by atoms with Crippen LogP contribution in [0.15, 0.2) is 113 Å². The summed E-state index contributed by atoms with van der Waals surface area (Å²) >= 11 is 2.74. The maximum atomic E-state index is 13.7. The van der Waals surface area contributed by atoms with Gasteiger partial charge in [-0.1, -0.05) is 102 Å². The highest BCUT2D eigenvalue weighted by Crippen LogP contribution is 2.44. The molecule has 1 aliphatic rings. The minimum absolute atomic E-state index is 0.0285. The standard InChI is InChI=1S/C37H33N3O5S2/c1-3-21-44-29-19-15-28(16-20-29)33(41)31-32(27-13-17-30(18-14-27)45-22-25-7-5-4-6-8-25)40(35(43)34(31)42)36-38-39-37(47-36)46-23-26-11-9-24(2)10-12-26/h4-20,32,41H,3,21-23H2,1-2H3/b33-31-. The Morgan fingerprint density at radius 3 is 2.23 bits per heavy atom. The first-order valence-corrected chi connectivity index (χ1v) is 17.0. The molecule has 10 heteroatoms. The Labute approximate surface area is 281 Å². The third kappa shape index (κ3) is 7.40. The molecule has 1 N–H and O–H groups in total. The number of nitrogens with zero attached hydrogens (tertiary/aromatic N) is 3. The zero-order valence-corrected chi connectivity index (χ0v) is 27.6. The summed E-state index contributed by atoms with van der Waals surface area (Å²) in [5.74, 6) is 0.0987. The molecule has 6 rings (SSSR count). The van der Waals surface area contributed by atoms with E-state index in [9.17, 15) is 14.7 Å².